The van der Waals surface area contributed by atoms with Crippen LogP contribution in [0.4, 0.5) is 0 Å². The van der Waals surface area contributed by atoms with E-state index in [2.05, 4.69) is 51.6 Å². The fourth-order valence-corrected chi connectivity index (χ4v) is 2.04. The van der Waals surface area contributed by atoms with E-state index in [9.17, 15) is 0 Å². The third-order valence-corrected chi connectivity index (χ3v) is 3.08. The molecule has 0 aliphatic carbocycles. The minimum atomic E-state index is 0.170. The molecule has 98 valence electrons. The average molecular weight is 250 g/mol. The van der Waals surface area contributed by atoms with Crippen molar-refractivity contribution in [3.05, 3.63) is 12.1 Å². The molecule has 2 heterocycles. The van der Waals surface area contributed by atoms with E-state index in [4.69, 9.17) is 4.52 Å². The van der Waals surface area contributed by atoms with Crippen LogP contribution in [0, 0.1) is 5.92 Å². The van der Waals surface area contributed by atoms with Gasteiger partial charge in [-0.05, 0) is 19.9 Å². The molecule has 2 unspecified atom stereocenters. The van der Waals surface area contributed by atoms with Crippen molar-refractivity contribution in [2.45, 2.75) is 32.7 Å². The Kier molecular flexibility index (Phi) is 3.71. The van der Waals surface area contributed by atoms with Gasteiger partial charge in [-0.3, -0.25) is 0 Å². The molecule has 2 rings (SSSR count). The summed E-state index contributed by atoms with van der Waals surface area (Å²) in [6.45, 7) is 6.38. The van der Waals surface area contributed by atoms with Crippen LogP contribution in [-0.2, 0) is 0 Å². The summed E-state index contributed by atoms with van der Waals surface area (Å²) < 4.78 is 5.35. The van der Waals surface area contributed by atoms with Crippen LogP contribution in [0.1, 0.15) is 32.6 Å². The van der Waals surface area contributed by atoms with Crippen molar-refractivity contribution in [1.82, 2.24) is 30.9 Å². The van der Waals surface area contributed by atoms with Crippen LogP contribution in [0.5, 0.6) is 0 Å². The highest BCUT2D eigenvalue weighted by atomic mass is 16.5. The van der Waals surface area contributed by atoms with Gasteiger partial charge in [-0.1, -0.05) is 19.0 Å². The molecule has 0 bridgehead atoms. The molecule has 0 aliphatic rings. The van der Waals surface area contributed by atoms with Crippen LogP contribution in [-0.4, -0.2) is 38.6 Å². The van der Waals surface area contributed by atoms with Crippen molar-refractivity contribution in [2.24, 2.45) is 5.92 Å². The maximum absolute atomic E-state index is 5.35. The van der Waals surface area contributed by atoms with Gasteiger partial charge in [-0.2, -0.15) is 20.4 Å². The minimum absolute atomic E-state index is 0.170. The number of hydrogen-bond acceptors (Lipinski definition) is 6. The summed E-state index contributed by atoms with van der Waals surface area (Å²) in [4.78, 5) is 4.40. The first-order valence-corrected chi connectivity index (χ1v) is 6.00. The third kappa shape index (κ3) is 2.40. The van der Waals surface area contributed by atoms with E-state index in [1.165, 1.54) is 0 Å². The molecule has 0 spiro atoms. The summed E-state index contributed by atoms with van der Waals surface area (Å²) in [5.74, 6) is 1.67. The molecule has 2 aromatic rings. The van der Waals surface area contributed by atoms with Crippen molar-refractivity contribution >= 4 is 0 Å². The van der Waals surface area contributed by atoms with E-state index in [0.29, 0.717) is 23.3 Å². The van der Waals surface area contributed by atoms with E-state index in [-0.39, 0.29) is 12.0 Å². The lowest BCUT2D eigenvalue weighted by atomic mass is 9.89. The van der Waals surface area contributed by atoms with Gasteiger partial charge in [0.05, 0.1) is 12.1 Å². The topological polar surface area (TPSA) is 92.5 Å². The fraction of sp³-hybridized carbons (Fsp3) is 0.636. The summed E-state index contributed by atoms with van der Waals surface area (Å²) in [5.41, 5.74) is 0.588. The molecule has 2 N–H and O–H groups in total. The van der Waals surface area contributed by atoms with Gasteiger partial charge in [0.2, 0.25) is 11.7 Å². The lowest BCUT2D eigenvalue weighted by Crippen LogP contribution is -2.32. The first-order valence-electron chi connectivity index (χ1n) is 6.00. The number of aromatic amines is 1. The van der Waals surface area contributed by atoms with Gasteiger partial charge in [0.1, 0.15) is 0 Å². The second-order valence-electron chi connectivity index (χ2n) is 4.66. The van der Waals surface area contributed by atoms with Crippen LogP contribution in [0.25, 0.3) is 11.5 Å². The zero-order chi connectivity index (χ0) is 13.1. The van der Waals surface area contributed by atoms with E-state index in [0.717, 1.165) is 0 Å². The Morgan fingerprint density at radius 1 is 1.33 bits per heavy atom. The minimum Gasteiger partial charge on any atom is -0.339 e. The first kappa shape index (κ1) is 12.7. The van der Waals surface area contributed by atoms with Gasteiger partial charge in [-0.25, -0.2) is 0 Å². The molecule has 0 aliphatic heterocycles. The van der Waals surface area contributed by atoms with Crippen LogP contribution < -0.4 is 5.32 Å². The second-order valence-corrected chi connectivity index (χ2v) is 4.66. The SMILES string of the molecule is CNC(C)C(c1nc(-c2cn[nH]n2)no1)C(C)C. The Balaban J connectivity index is 2.27. The van der Waals surface area contributed by atoms with Gasteiger partial charge in [0.15, 0.2) is 5.69 Å². The number of aromatic nitrogens is 5. The Morgan fingerprint density at radius 2 is 2.11 bits per heavy atom. The molecule has 0 saturated heterocycles. The van der Waals surface area contributed by atoms with Crippen LogP contribution in [0.15, 0.2) is 10.7 Å². The molecule has 2 atom stereocenters. The quantitative estimate of drug-likeness (QED) is 0.828. The number of H-pyrrole nitrogens is 1. The zero-order valence-electron chi connectivity index (χ0n) is 11.0. The van der Waals surface area contributed by atoms with Crippen LogP contribution in [0.3, 0.4) is 0 Å². The van der Waals surface area contributed by atoms with E-state index in [1.54, 1.807) is 6.20 Å². The van der Waals surface area contributed by atoms with Gasteiger partial charge >= 0.3 is 0 Å². The smallest absolute Gasteiger partial charge is 0.231 e. The molecule has 0 fully saturated rings. The number of nitrogens with one attached hydrogen (secondary N) is 2. The molecule has 0 amide bonds. The monoisotopic (exact) mass is 250 g/mol. The molecule has 7 heteroatoms. The van der Waals surface area contributed by atoms with E-state index >= 15 is 0 Å². The summed E-state index contributed by atoms with van der Waals surface area (Å²) in [7, 11) is 1.93. The highest BCUT2D eigenvalue weighted by Gasteiger charge is 2.27. The molecular formula is C11H18N6O. The maximum atomic E-state index is 5.35. The second kappa shape index (κ2) is 5.26. The molecular weight excluding hydrogens is 232 g/mol. The predicted octanol–water partition coefficient (Wildman–Crippen LogP) is 1.20. The van der Waals surface area contributed by atoms with E-state index < -0.39 is 0 Å². The van der Waals surface area contributed by atoms with Gasteiger partial charge in [0, 0.05) is 6.04 Å². The normalized spacial score (nSPS) is 14.9. The fourth-order valence-electron chi connectivity index (χ4n) is 2.04. The lowest BCUT2D eigenvalue weighted by molar-refractivity contribution is 0.286. The van der Waals surface area contributed by atoms with Gasteiger partial charge < -0.3 is 9.84 Å². The molecule has 7 nitrogen and oxygen atoms in total. The number of nitrogens with zero attached hydrogens (tertiary/aromatic N) is 4. The van der Waals surface area contributed by atoms with Crippen LogP contribution >= 0.6 is 0 Å². The largest absolute Gasteiger partial charge is 0.339 e. The Bertz CT molecular complexity index is 477. The summed E-state index contributed by atoms with van der Waals surface area (Å²) in [6, 6.07) is 0.260. The zero-order valence-corrected chi connectivity index (χ0v) is 11.0. The number of hydrogen-bond donors (Lipinski definition) is 2. The summed E-state index contributed by atoms with van der Waals surface area (Å²) >= 11 is 0. The number of likely N-dealkylation sites (N-methyl/N-ethyl adjacent to an activating group) is 1. The lowest BCUT2D eigenvalue weighted by Gasteiger charge is -2.23. The van der Waals surface area contributed by atoms with Gasteiger partial charge in [0.25, 0.3) is 0 Å². The van der Waals surface area contributed by atoms with Crippen LogP contribution in [0.2, 0.25) is 0 Å². The van der Waals surface area contributed by atoms with Crippen molar-refractivity contribution in [3.8, 4) is 11.5 Å². The van der Waals surface area contributed by atoms with Crippen molar-refractivity contribution in [1.29, 1.82) is 0 Å². The maximum Gasteiger partial charge on any atom is 0.231 e. The molecule has 2 aromatic heterocycles. The van der Waals surface area contributed by atoms with Gasteiger partial charge in [-0.15, -0.1) is 0 Å². The standard InChI is InChI=1S/C11H18N6O/c1-6(2)9(7(3)12-4)11-14-10(16-18-11)8-5-13-17-15-8/h5-7,9,12H,1-4H3,(H,13,15,17). The predicted molar refractivity (Wildman–Crippen MR) is 65.8 cm³/mol. The molecule has 0 radical (unpaired) electrons. The van der Waals surface area contributed by atoms with Crippen molar-refractivity contribution in [2.75, 3.05) is 7.05 Å². The van der Waals surface area contributed by atoms with Crippen molar-refractivity contribution < 1.29 is 4.52 Å². The third-order valence-electron chi connectivity index (χ3n) is 3.08. The Labute approximate surface area is 105 Å². The molecule has 0 aromatic carbocycles. The molecule has 18 heavy (non-hydrogen) atoms. The first-order chi connectivity index (χ1) is 8.63. The summed E-state index contributed by atoms with van der Waals surface area (Å²) in [5, 5.41) is 17.4. The molecule has 0 saturated carbocycles. The Hall–Kier alpha value is -1.76. The summed E-state index contributed by atoms with van der Waals surface area (Å²) in [6.07, 6.45) is 1.57. The van der Waals surface area contributed by atoms with E-state index in [1.807, 2.05) is 7.05 Å². The highest BCUT2D eigenvalue weighted by molar-refractivity contribution is 5.44. The Morgan fingerprint density at radius 3 is 2.67 bits per heavy atom. The number of rotatable bonds is 5. The highest BCUT2D eigenvalue weighted by Crippen LogP contribution is 2.27. The van der Waals surface area contributed by atoms with Crippen molar-refractivity contribution in [3.63, 3.8) is 0 Å². The average Bonchev–Trinajstić information content (AvgIpc) is 2.98.